The van der Waals surface area contributed by atoms with E-state index in [4.69, 9.17) is 13.9 Å². The van der Waals surface area contributed by atoms with Gasteiger partial charge in [-0.05, 0) is 55.1 Å². The lowest BCUT2D eigenvalue weighted by atomic mass is 9.40. The van der Waals surface area contributed by atoms with Gasteiger partial charge in [0.2, 0.25) is 0 Å². The van der Waals surface area contributed by atoms with E-state index >= 15 is 0 Å². The molecule has 158 valence electrons. The van der Waals surface area contributed by atoms with E-state index in [1.807, 2.05) is 6.07 Å². The van der Waals surface area contributed by atoms with Gasteiger partial charge in [0.05, 0.1) is 25.9 Å². The van der Waals surface area contributed by atoms with E-state index in [0.29, 0.717) is 25.7 Å². The molecule has 1 aromatic rings. The van der Waals surface area contributed by atoms with Gasteiger partial charge in [0.1, 0.15) is 17.6 Å². The molecule has 2 fully saturated rings. The number of hydrogen-bond donors (Lipinski definition) is 1. The number of methoxy groups -OCH3 is 2. The molecule has 2 saturated carbocycles. The second-order valence-electron chi connectivity index (χ2n) is 8.86. The number of fused-ring (bicyclic) bond motifs is 4. The van der Waals surface area contributed by atoms with Crippen LogP contribution in [-0.2, 0) is 30.3 Å². The molecular formula is C22H28O7. The summed E-state index contributed by atoms with van der Waals surface area (Å²) >= 11 is 0. The molecule has 0 aromatic carbocycles. The SMILES string of the molecule is COC(=O)C1(C(=O)OC)CCC[C@]2(C=O)[C@H]3Cc4occc4[C@H](C)[C@@H]3CC[C@@]12O. The van der Waals surface area contributed by atoms with E-state index in [1.54, 1.807) is 6.26 Å². The second kappa shape index (κ2) is 6.69. The highest BCUT2D eigenvalue weighted by atomic mass is 16.5. The summed E-state index contributed by atoms with van der Waals surface area (Å²) < 4.78 is 15.7. The van der Waals surface area contributed by atoms with Crippen LogP contribution in [-0.4, -0.2) is 43.2 Å². The fourth-order valence-electron chi connectivity index (χ4n) is 6.86. The number of hydrogen-bond acceptors (Lipinski definition) is 7. The number of rotatable bonds is 3. The van der Waals surface area contributed by atoms with Crippen LogP contribution in [0, 0.1) is 22.7 Å². The lowest BCUT2D eigenvalue weighted by molar-refractivity contribution is -0.248. The Morgan fingerprint density at radius 2 is 1.90 bits per heavy atom. The number of furan rings is 1. The number of aliphatic hydroxyl groups is 1. The number of carbonyl (C=O) groups is 3. The molecule has 0 saturated heterocycles. The third kappa shape index (κ3) is 2.25. The van der Waals surface area contributed by atoms with Crippen LogP contribution in [0.3, 0.4) is 0 Å². The van der Waals surface area contributed by atoms with Crippen molar-refractivity contribution in [1.29, 1.82) is 0 Å². The highest BCUT2D eigenvalue weighted by Gasteiger charge is 2.76. The molecule has 0 unspecified atom stereocenters. The zero-order chi connectivity index (χ0) is 21.0. The number of ether oxygens (including phenoxy) is 2. The maximum Gasteiger partial charge on any atom is 0.326 e. The van der Waals surface area contributed by atoms with Crippen molar-refractivity contribution in [3.05, 3.63) is 23.7 Å². The molecule has 7 heteroatoms. The Morgan fingerprint density at radius 1 is 1.21 bits per heavy atom. The molecule has 1 heterocycles. The topological polar surface area (TPSA) is 103 Å². The van der Waals surface area contributed by atoms with Crippen molar-refractivity contribution in [3.63, 3.8) is 0 Å². The summed E-state index contributed by atoms with van der Waals surface area (Å²) in [6, 6.07) is 1.97. The maximum atomic E-state index is 13.0. The predicted octanol–water partition coefficient (Wildman–Crippen LogP) is 2.40. The van der Waals surface area contributed by atoms with Crippen molar-refractivity contribution in [2.45, 2.75) is 57.0 Å². The second-order valence-corrected chi connectivity index (χ2v) is 8.86. The van der Waals surface area contributed by atoms with Gasteiger partial charge in [0.25, 0.3) is 0 Å². The van der Waals surface area contributed by atoms with Crippen molar-refractivity contribution in [2.75, 3.05) is 14.2 Å². The Bertz CT molecular complexity index is 826. The minimum atomic E-state index is -1.91. The molecule has 0 spiro atoms. The van der Waals surface area contributed by atoms with Crippen molar-refractivity contribution in [2.24, 2.45) is 22.7 Å². The van der Waals surface area contributed by atoms with Gasteiger partial charge in [0, 0.05) is 6.42 Å². The van der Waals surface area contributed by atoms with Gasteiger partial charge >= 0.3 is 11.9 Å². The first-order valence-corrected chi connectivity index (χ1v) is 10.2. The smallest absolute Gasteiger partial charge is 0.326 e. The van der Waals surface area contributed by atoms with Crippen LogP contribution in [0.1, 0.15) is 56.3 Å². The molecule has 0 bridgehead atoms. The average Bonchev–Trinajstić information content (AvgIpc) is 3.21. The van der Waals surface area contributed by atoms with Crippen molar-refractivity contribution >= 4 is 18.2 Å². The van der Waals surface area contributed by atoms with Gasteiger partial charge in [-0.1, -0.05) is 13.3 Å². The van der Waals surface area contributed by atoms with Crippen LogP contribution in [0.15, 0.2) is 16.7 Å². The molecule has 7 nitrogen and oxygen atoms in total. The van der Waals surface area contributed by atoms with Gasteiger partial charge in [-0.3, -0.25) is 9.59 Å². The number of esters is 2. The largest absolute Gasteiger partial charge is 0.469 e. The molecular weight excluding hydrogens is 376 g/mol. The molecule has 0 radical (unpaired) electrons. The highest BCUT2D eigenvalue weighted by Crippen LogP contribution is 2.66. The number of aldehydes is 1. The van der Waals surface area contributed by atoms with Gasteiger partial charge in [-0.25, -0.2) is 0 Å². The highest BCUT2D eigenvalue weighted by molar-refractivity contribution is 6.02. The van der Waals surface area contributed by atoms with Crippen molar-refractivity contribution in [3.8, 4) is 0 Å². The van der Waals surface area contributed by atoms with Gasteiger partial charge in [-0.15, -0.1) is 0 Å². The van der Waals surface area contributed by atoms with E-state index in [-0.39, 0.29) is 30.6 Å². The summed E-state index contributed by atoms with van der Waals surface area (Å²) in [5.41, 5.74) is -3.89. The predicted molar refractivity (Wildman–Crippen MR) is 101 cm³/mol. The molecule has 1 N–H and O–H groups in total. The van der Waals surface area contributed by atoms with Crippen LogP contribution < -0.4 is 0 Å². The Balaban J connectivity index is 1.90. The molecule has 5 atom stereocenters. The molecule has 4 rings (SSSR count). The minimum Gasteiger partial charge on any atom is -0.469 e. The van der Waals surface area contributed by atoms with Gasteiger partial charge < -0.3 is 23.8 Å². The normalized spacial score (nSPS) is 37.4. The van der Waals surface area contributed by atoms with Crippen molar-refractivity contribution in [1.82, 2.24) is 0 Å². The molecule has 0 amide bonds. The van der Waals surface area contributed by atoms with Crippen LogP contribution in [0.25, 0.3) is 0 Å². The Hall–Kier alpha value is -2.15. The molecule has 0 aliphatic heterocycles. The van der Waals surface area contributed by atoms with E-state index in [0.717, 1.165) is 17.6 Å². The minimum absolute atomic E-state index is 0.0946. The standard InChI is InChI=1S/C22H28O7/c1-13-14-5-9-22(26)20(12-23,16(14)11-17-15(13)6-10-29-17)7-4-8-21(22,18(24)27-2)19(25)28-3/h6,10,12-14,16,26H,4-5,7-9,11H2,1-3H3/t13-,14+,16+,20+,22+/m1/s1. The maximum absolute atomic E-state index is 13.0. The first-order valence-electron chi connectivity index (χ1n) is 10.2. The fraction of sp³-hybridized carbons (Fsp3) is 0.682. The summed E-state index contributed by atoms with van der Waals surface area (Å²) in [6.45, 7) is 2.12. The fourth-order valence-corrected chi connectivity index (χ4v) is 6.86. The van der Waals surface area contributed by atoms with Crippen LogP contribution in [0.5, 0.6) is 0 Å². The lowest BCUT2D eigenvalue weighted by Gasteiger charge is -2.63. The molecule has 29 heavy (non-hydrogen) atoms. The van der Waals surface area contributed by atoms with Crippen LogP contribution >= 0.6 is 0 Å². The first kappa shape index (κ1) is 20.1. The third-order valence-corrected chi connectivity index (χ3v) is 8.23. The summed E-state index contributed by atoms with van der Waals surface area (Å²) in [7, 11) is 2.38. The van der Waals surface area contributed by atoms with E-state index in [2.05, 4.69) is 6.92 Å². The van der Waals surface area contributed by atoms with Crippen LogP contribution in [0.2, 0.25) is 0 Å². The zero-order valence-corrected chi connectivity index (χ0v) is 17.1. The van der Waals surface area contributed by atoms with E-state index < -0.39 is 28.4 Å². The monoisotopic (exact) mass is 404 g/mol. The summed E-state index contributed by atoms with van der Waals surface area (Å²) in [4.78, 5) is 38.7. The van der Waals surface area contributed by atoms with Crippen LogP contribution in [0.4, 0.5) is 0 Å². The average molecular weight is 404 g/mol. The quantitative estimate of drug-likeness (QED) is 0.469. The third-order valence-electron chi connectivity index (χ3n) is 8.23. The molecule has 3 aliphatic carbocycles. The summed E-state index contributed by atoms with van der Waals surface area (Å²) in [6.07, 6.45) is 4.65. The Morgan fingerprint density at radius 3 is 2.52 bits per heavy atom. The van der Waals surface area contributed by atoms with Crippen molar-refractivity contribution < 1.29 is 33.4 Å². The van der Waals surface area contributed by atoms with Gasteiger partial charge in [-0.2, -0.15) is 0 Å². The Kier molecular flexibility index (Phi) is 4.64. The molecule has 1 aromatic heterocycles. The number of carbonyl (C=O) groups excluding carboxylic acids is 3. The first-order chi connectivity index (χ1) is 13.8. The molecule has 3 aliphatic rings. The zero-order valence-electron chi connectivity index (χ0n) is 17.1. The van der Waals surface area contributed by atoms with Gasteiger partial charge in [0.15, 0.2) is 5.41 Å². The summed E-state index contributed by atoms with van der Waals surface area (Å²) in [5.74, 6) is -0.774. The summed E-state index contributed by atoms with van der Waals surface area (Å²) in [5, 5.41) is 12.1. The lowest BCUT2D eigenvalue weighted by Crippen LogP contribution is -2.73. The van der Waals surface area contributed by atoms with E-state index in [9.17, 15) is 19.5 Å². The van der Waals surface area contributed by atoms with E-state index in [1.165, 1.54) is 14.2 Å². The Labute approximate surface area is 169 Å².